The van der Waals surface area contributed by atoms with Crippen LogP contribution in [-0.4, -0.2) is 46.8 Å². The Balaban J connectivity index is 1.83. The zero-order valence-corrected chi connectivity index (χ0v) is 17.0. The summed E-state index contributed by atoms with van der Waals surface area (Å²) in [4.78, 5) is 27.4. The molecule has 1 amide bonds. The van der Waals surface area contributed by atoms with Gasteiger partial charge in [0.1, 0.15) is 6.54 Å². The number of nitrogens with zero attached hydrogens (tertiary/aromatic N) is 3. The molecule has 1 aliphatic heterocycles. The lowest BCUT2D eigenvalue weighted by Crippen LogP contribution is -2.41. The smallest absolute Gasteiger partial charge is 0.275 e. The van der Waals surface area contributed by atoms with Crippen molar-refractivity contribution < 1.29 is 4.79 Å². The van der Waals surface area contributed by atoms with Crippen molar-refractivity contribution in [2.45, 2.75) is 45.2 Å². The van der Waals surface area contributed by atoms with Gasteiger partial charge in [-0.3, -0.25) is 9.59 Å². The van der Waals surface area contributed by atoms with Crippen LogP contribution < -0.4 is 10.9 Å². The van der Waals surface area contributed by atoms with Crippen LogP contribution in [0.25, 0.3) is 10.8 Å². The molecule has 1 aromatic heterocycles. The van der Waals surface area contributed by atoms with E-state index in [4.69, 9.17) is 0 Å². The summed E-state index contributed by atoms with van der Waals surface area (Å²) >= 11 is 3.45. The topological polar surface area (TPSA) is 67.2 Å². The number of nitrogens with one attached hydrogen (secondary N) is 1. The van der Waals surface area contributed by atoms with E-state index in [2.05, 4.69) is 38.3 Å². The highest BCUT2D eigenvalue weighted by molar-refractivity contribution is 9.10. The first-order valence-electron chi connectivity index (χ1n) is 9.04. The molecule has 1 fully saturated rings. The van der Waals surface area contributed by atoms with E-state index in [-0.39, 0.29) is 23.9 Å². The van der Waals surface area contributed by atoms with Crippen molar-refractivity contribution in [2.75, 3.05) is 20.1 Å². The Kier molecular flexibility index (Phi) is 5.77. The molecule has 0 aliphatic carbocycles. The van der Waals surface area contributed by atoms with Gasteiger partial charge in [0, 0.05) is 22.4 Å². The number of aromatic nitrogens is 2. The molecule has 1 atom stereocenters. The molecule has 26 heavy (non-hydrogen) atoms. The zero-order valence-electron chi connectivity index (χ0n) is 15.5. The molecule has 1 unspecified atom stereocenters. The molecule has 6 nitrogen and oxygen atoms in total. The lowest BCUT2D eigenvalue weighted by molar-refractivity contribution is -0.122. The van der Waals surface area contributed by atoms with E-state index in [9.17, 15) is 9.59 Å². The van der Waals surface area contributed by atoms with Crippen LogP contribution in [0, 0.1) is 0 Å². The van der Waals surface area contributed by atoms with Crippen LogP contribution in [0.1, 0.15) is 38.3 Å². The average molecular weight is 421 g/mol. The van der Waals surface area contributed by atoms with Gasteiger partial charge in [-0.1, -0.05) is 29.8 Å². The number of amides is 1. The molecule has 0 bridgehead atoms. The number of fused-ring (bicyclic) bond motifs is 1. The SMILES string of the molecule is CC(C)c1nn(CC(=O)NCC2CCCN2C)c(=O)c2ccc(Br)cc12. The van der Waals surface area contributed by atoms with Crippen LogP contribution in [0.4, 0.5) is 0 Å². The van der Waals surface area contributed by atoms with Crippen molar-refractivity contribution in [2.24, 2.45) is 0 Å². The summed E-state index contributed by atoms with van der Waals surface area (Å²) in [5.41, 5.74) is 0.592. The highest BCUT2D eigenvalue weighted by Gasteiger charge is 2.21. The third-order valence-electron chi connectivity index (χ3n) is 5.00. The number of rotatable bonds is 5. The molecule has 0 spiro atoms. The van der Waals surface area contributed by atoms with Crippen molar-refractivity contribution >= 4 is 32.6 Å². The normalized spacial score (nSPS) is 18.0. The largest absolute Gasteiger partial charge is 0.353 e. The van der Waals surface area contributed by atoms with Gasteiger partial charge in [0.2, 0.25) is 5.91 Å². The minimum absolute atomic E-state index is 0.0546. The predicted octanol–water partition coefficient (Wildman–Crippen LogP) is 2.49. The van der Waals surface area contributed by atoms with E-state index >= 15 is 0 Å². The molecular formula is C19H25BrN4O2. The summed E-state index contributed by atoms with van der Waals surface area (Å²) in [7, 11) is 2.08. The first kappa shape index (κ1) is 19.0. The quantitative estimate of drug-likeness (QED) is 0.806. The van der Waals surface area contributed by atoms with Crippen molar-refractivity contribution in [1.82, 2.24) is 20.0 Å². The molecule has 1 saturated heterocycles. The molecule has 0 saturated carbocycles. The maximum atomic E-state index is 12.8. The predicted molar refractivity (Wildman–Crippen MR) is 106 cm³/mol. The highest BCUT2D eigenvalue weighted by atomic mass is 79.9. The average Bonchev–Trinajstić information content (AvgIpc) is 3.00. The number of hydrogen-bond acceptors (Lipinski definition) is 4. The molecule has 7 heteroatoms. The van der Waals surface area contributed by atoms with Crippen LogP contribution >= 0.6 is 15.9 Å². The van der Waals surface area contributed by atoms with E-state index in [1.54, 1.807) is 6.07 Å². The fraction of sp³-hybridized carbons (Fsp3) is 0.526. The number of halogens is 1. The molecule has 1 aromatic carbocycles. The molecule has 3 rings (SSSR count). The fourth-order valence-corrected chi connectivity index (χ4v) is 3.84. The first-order valence-corrected chi connectivity index (χ1v) is 9.83. The molecule has 2 aromatic rings. The van der Waals surface area contributed by atoms with Gasteiger partial charge < -0.3 is 10.2 Å². The fourth-order valence-electron chi connectivity index (χ4n) is 3.48. The molecule has 140 valence electrons. The third kappa shape index (κ3) is 3.99. The lowest BCUT2D eigenvalue weighted by Gasteiger charge is -2.20. The number of carbonyl (C=O) groups excluding carboxylic acids is 1. The summed E-state index contributed by atoms with van der Waals surface area (Å²) < 4.78 is 2.20. The van der Waals surface area contributed by atoms with Crippen molar-refractivity contribution in [1.29, 1.82) is 0 Å². The molecular weight excluding hydrogens is 396 g/mol. The van der Waals surface area contributed by atoms with Gasteiger partial charge in [0.05, 0.1) is 11.1 Å². The Labute approximate surface area is 161 Å². The summed E-state index contributed by atoms with van der Waals surface area (Å²) in [6.45, 7) is 5.70. The van der Waals surface area contributed by atoms with Gasteiger partial charge in [0.25, 0.3) is 5.56 Å². The van der Waals surface area contributed by atoms with E-state index in [0.717, 1.165) is 34.9 Å². The van der Waals surface area contributed by atoms with Crippen molar-refractivity contribution in [3.05, 3.63) is 38.7 Å². The molecule has 1 N–H and O–H groups in total. The van der Waals surface area contributed by atoms with Gasteiger partial charge in [-0.05, 0) is 50.6 Å². The van der Waals surface area contributed by atoms with E-state index in [0.29, 0.717) is 18.0 Å². The van der Waals surface area contributed by atoms with Gasteiger partial charge in [-0.2, -0.15) is 5.10 Å². The minimum Gasteiger partial charge on any atom is -0.353 e. The molecule has 1 aliphatic rings. The van der Waals surface area contributed by atoms with E-state index in [1.807, 2.05) is 26.0 Å². The summed E-state index contributed by atoms with van der Waals surface area (Å²) in [5.74, 6) is -0.0279. The Morgan fingerprint density at radius 2 is 2.15 bits per heavy atom. The maximum Gasteiger partial charge on any atom is 0.275 e. The molecule has 2 heterocycles. The summed E-state index contributed by atoms with van der Waals surface area (Å²) in [6.07, 6.45) is 2.26. The maximum absolute atomic E-state index is 12.8. The number of carbonyl (C=O) groups is 1. The number of likely N-dealkylation sites (tertiary alicyclic amines) is 1. The Morgan fingerprint density at radius 1 is 1.38 bits per heavy atom. The standard InChI is InChI=1S/C19H25BrN4O2/c1-12(2)18-16-9-13(20)6-7-15(16)19(26)24(22-18)11-17(25)21-10-14-5-4-8-23(14)3/h6-7,9,12,14H,4-5,8,10-11H2,1-3H3,(H,21,25). The summed E-state index contributed by atoms with van der Waals surface area (Å²) in [6, 6.07) is 5.92. The monoisotopic (exact) mass is 420 g/mol. The van der Waals surface area contributed by atoms with Gasteiger partial charge >= 0.3 is 0 Å². The highest BCUT2D eigenvalue weighted by Crippen LogP contribution is 2.24. The second-order valence-corrected chi connectivity index (χ2v) is 8.19. The number of hydrogen-bond donors (Lipinski definition) is 1. The zero-order chi connectivity index (χ0) is 18.8. The second kappa shape index (κ2) is 7.88. The summed E-state index contributed by atoms with van der Waals surface area (Å²) in [5, 5.41) is 8.87. The Bertz CT molecular complexity index is 878. The van der Waals surface area contributed by atoms with Crippen LogP contribution in [0.15, 0.2) is 27.5 Å². The Hall–Kier alpha value is -1.73. The van der Waals surface area contributed by atoms with Crippen molar-refractivity contribution in [3.8, 4) is 0 Å². The van der Waals surface area contributed by atoms with Gasteiger partial charge in [-0.15, -0.1) is 0 Å². The first-order chi connectivity index (χ1) is 12.4. The van der Waals surface area contributed by atoms with Crippen molar-refractivity contribution in [3.63, 3.8) is 0 Å². The van der Waals surface area contributed by atoms with Crippen LogP contribution in [0.3, 0.4) is 0 Å². The van der Waals surface area contributed by atoms with E-state index in [1.165, 1.54) is 4.68 Å². The molecule has 0 radical (unpaired) electrons. The third-order valence-corrected chi connectivity index (χ3v) is 5.49. The van der Waals surface area contributed by atoms with Crippen LogP contribution in [0.2, 0.25) is 0 Å². The van der Waals surface area contributed by atoms with Gasteiger partial charge in [-0.25, -0.2) is 4.68 Å². The number of likely N-dealkylation sites (N-methyl/N-ethyl adjacent to an activating group) is 1. The Morgan fingerprint density at radius 3 is 2.81 bits per heavy atom. The minimum atomic E-state index is -0.231. The number of benzene rings is 1. The van der Waals surface area contributed by atoms with E-state index < -0.39 is 0 Å². The van der Waals surface area contributed by atoms with Gasteiger partial charge in [0.15, 0.2) is 0 Å². The second-order valence-electron chi connectivity index (χ2n) is 7.27. The van der Waals surface area contributed by atoms with Crippen LogP contribution in [0.5, 0.6) is 0 Å². The van der Waals surface area contributed by atoms with Crippen LogP contribution in [-0.2, 0) is 11.3 Å². The lowest BCUT2D eigenvalue weighted by atomic mass is 10.0.